The van der Waals surface area contributed by atoms with E-state index in [-0.39, 0.29) is 23.6 Å². The Bertz CT molecular complexity index is 863. The summed E-state index contributed by atoms with van der Waals surface area (Å²) >= 11 is 0. The van der Waals surface area contributed by atoms with Crippen molar-refractivity contribution in [2.75, 3.05) is 20.1 Å². The van der Waals surface area contributed by atoms with Gasteiger partial charge in [0, 0.05) is 31.6 Å². The summed E-state index contributed by atoms with van der Waals surface area (Å²) in [5, 5.41) is 0. The zero-order valence-electron chi connectivity index (χ0n) is 17.3. The van der Waals surface area contributed by atoms with Crippen molar-refractivity contribution in [3.05, 3.63) is 69.3 Å². The van der Waals surface area contributed by atoms with Crippen LogP contribution in [0.5, 0.6) is 0 Å². The fraction of sp³-hybridized carbons (Fsp3) is 0.478. The number of carbonyl (C=O) groups excluding carboxylic acids is 1. The fourth-order valence-corrected chi connectivity index (χ4v) is 3.89. The Hall–Kier alpha value is -2.40. The van der Waals surface area contributed by atoms with Gasteiger partial charge in [-0.1, -0.05) is 30.3 Å². The fourth-order valence-electron chi connectivity index (χ4n) is 3.89. The first kappa shape index (κ1) is 20.3. The minimum absolute atomic E-state index is 0.177. The van der Waals surface area contributed by atoms with Crippen molar-refractivity contribution >= 4 is 5.91 Å². The monoisotopic (exact) mass is 382 g/mol. The third-order valence-electron chi connectivity index (χ3n) is 5.79. The van der Waals surface area contributed by atoms with Gasteiger partial charge in [0.1, 0.15) is 11.3 Å². The van der Waals surface area contributed by atoms with Crippen molar-refractivity contribution in [3.63, 3.8) is 0 Å². The lowest BCUT2D eigenvalue weighted by atomic mass is 10.0. The van der Waals surface area contributed by atoms with Crippen LogP contribution in [0.3, 0.4) is 0 Å². The summed E-state index contributed by atoms with van der Waals surface area (Å²) in [5.41, 5.74) is 1.64. The number of hydrogen-bond acceptors (Lipinski definition) is 4. The third kappa shape index (κ3) is 4.53. The number of benzene rings is 1. The van der Waals surface area contributed by atoms with Crippen molar-refractivity contribution in [3.8, 4) is 0 Å². The van der Waals surface area contributed by atoms with Crippen LogP contribution in [-0.2, 0) is 12.8 Å². The molecule has 0 radical (unpaired) electrons. The summed E-state index contributed by atoms with van der Waals surface area (Å²) in [5.74, 6) is 0.434. The van der Waals surface area contributed by atoms with Crippen molar-refractivity contribution in [1.29, 1.82) is 0 Å². The molecule has 1 aromatic carbocycles. The molecule has 0 N–H and O–H groups in total. The van der Waals surface area contributed by atoms with Gasteiger partial charge in [0.15, 0.2) is 0 Å². The second-order valence-electron chi connectivity index (χ2n) is 7.97. The molecule has 1 aliphatic rings. The zero-order valence-corrected chi connectivity index (χ0v) is 17.3. The Morgan fingerprint density at radius 1 is 1.11 bits per heavy atom. The second-order valence-corrected chi connectivity index (χ2v) is 7.97. The van der Waals surface area contributed by atoms with Crippen LogP contribution in [0.2, 0.25) is 0 Å². The standard InChI is InChI=1S/C23H30N2O3/c1-16-13-20(12-8-11-19-9-6-5-7-10-19)28-23(27)21(16)22(26)25-14-17(2)24(4)18(3)15-25/h5-7,9-10,13,17-18H,8,11-12,14-15H2,1-4H3/t17-,18-/m0/s1. The van der Waals surface area contributed by atoms with Crippen LogP contribution >= 0.6 is 0 Å². The molecule has 5 nitrogen and oxygen atoms in total. The lowest BCUT2D eigenvalue weighted by Gasteiger charge is -2.42. The second kappa shape index (κ2) is 8.74. The van der Waals surface area contributed by atoms with Gasteiger partial charge in [-0.2, -0.15) is 0 Å². The quantitative estimate of drug-likeness (QED) is 0.796. The smallest absolute Gasteiger partial charge is 0.349 e. The normalized spacial score (nSPS) is 20.4. The van der Waals surface area contributed by atoms with E-state index in [1.54, 1.807) is 4.90 Å². The number of amides is 1. The molecule has 1 saturated heterocycles. The van der Waals surface area contributed by atoms with Crippen molar-refractivity contribution in [2.24, 2.45) is 0 Å². The minimum Gasteiger partial charge on any atom is -0.427 e. The lowest BCUT2D eigenvalue weighted by molar-refractivity contribution is 0.0409. The molecule has 0 spiro atoms. The molecule has 1 fully saturated rings. The number of carbonyl (C=O) groups is 1. The van der Waals surface area contributed by atoms with Crippen LogP contribution < -0.4 is 5.63 Å². The van der Waals surface area contributed by atoms with Gasteiger partial charge < -0.3 is 9.32 Å². The van der Waals surface area contributed by atoms with E-state index in [0.717, 1.165) is 12.8 Å². The van der Waals surface area contributed by atoms with Gasteiger partial charge in [-0.05, 0) is 57.9 Å². The van der Waals surface area contributed by atoms with Gasteiger partial charge in [-0.3, -0.25) is 9.69 Å². The van der Waals surface area contributed by atoms with E-state index in [0.29, 0.717) is 30.8 Å². The molecule has 0 saturated carbocycles. The lowest BCUT2D eigenvalue weighted by Crippen LogP contribution is -2.56. The molecule has 5 heteroatoms. The summed E-state index contributed by atoms with van der Waals surface area (Å²) in [6.45, 7) is 7.27. The maximum Gasteiger partial charge on any atom is 0.349 e. The number of aryl methyl sites for hydroxylation is 3. The van der Waals surface area contributed by atoms with Crippen LogP contribution in [0.4, 0.5) is 0 Å². The molecule has 28 heavy (non-hydrogen) atoms. The molecule has 2 atom stereocenters. The summed E-state index contributed by atoms with van der Waals surface area (Å²) in [6.07, 6.45) is 2.51. The zero-order chi connectivity index (χ0) is 20.3. The highest BCUT2D eigenvalue weighted by Crippen LogP contribution is 2.18. The third-order valence-corrected chi connectivity index (χ3v) is 5.79. The van der Waals surface area contributed by atoms with Crippen LogP contribution in [0.25, 0.3) is 0 Å². The van der Waals surface area contributed by atoms with Crippen molar-refractivity contribution in [2.45, 2.75) is 52.1 Å². The summed E-state index contributed by atoms with van der Waals surface area (Å²) in [7, 11) is 2.07. The van der Waals surface area contributed by atoms with E-state index in [2.05, 4.69) is 37.9 Å². The summed E-state index contributed by atoms with van der Waals surface area (Å²) in [6, 6.07) is 12.6. The minimum atomic E-state index is -0.515. The highest BCUT2D eigenvalue weighted by Gasteiger charge is 2.31. The van der Waals surface area contributed by atoms with Crippen LogP contribution in [0.15, 0.2) is 45.6 Å². The van der Waals surface area contributed by atoms with E-state index < -0.39 is 5.63 Å². The number of piperazine rings is 1. The van der Waals surface area contributed by atoms with E-state index in [1.807, 2.05) is 31.2 Å². The molecule has 150 valence electrons. The summed E-state index contributed by atoms with van der Waals surface area (Å²) in [4.78, 5) is 29.6. The van der Waals surface area contributed by atoms with Gasteiger partial charge in [0.05, 0.1) is 0 Å². The molecular formula is C23H30N2O3. The molecule has 2 heterocycles. The van der Waals surface area contributed by atoms with Crippen molar-refractivity contribution in [1.82, 2.24) is 9.80 Å². The van der Waals surface area contributed by atoms with Crippen molar-refractivity contribution < 1.29 is 9.21 Å². The molecule has 1 aromatic heterocycles. The molecule has 0 unspecified atom stereocenters. The first-order valence-electron chi connectivity index (χ1n) is 10.1. The van der Waals surface area contributed by atoms with Gasteiger partial charge in [0.25, 0.3) is 5.91 Å². The maximum absolute atomic E-state index is 13.0. The van der Waals surface area contributed by atoms with E-state index in [1.165, 1.54) is 5.56 Å². The Morgan fingerprint density at radius 3 is 2.36 bits per heavy atom. The molecule has 3 rings (SSSR count). The molecular weight excluding hydrogens is 352 g/mol. The van der Waals surface area contributed by atoms with Gasteiger partial charge in [-0.25, -0.2) is 4.79 Å². The maximum atomic E-state index is 13.0. The number of rotatable bonds is 5. The molecule has 0 aliphatic carbocycles. The van der Waals surface area contributed by atoms with Crippen LogP contribution in [0, 0.1) is 6.92 Å². The van der Waals surface area contributed by atoms with Gasteiger partial charge in [0.2, 0.25) is 0 Å². The van der Waals surface area contributed by atoms with E-state index >= 15 is 0 Å². The summed E-state index contributed by atoms with van der Waals surface area (Å²) < 4.78 is 5.50. The Balaban J connectivity index is 1.69. The highest BCUT2D eigenvalue weighted by atomic mass is 16.4. The van der Waals surface area contributed by atoms with Crippen LogP contribution in [0.1, 0.15) is 47.5 Å². The average Bonchev–Trinajstić information content (AvgIpc) is 2.66. The predicted molar refractivity (Wildman–Crippen MR) is 111 cm³/mol. The highest BCUT2D eigenvalue weighted by molar-refractivity contribution is 5.95. The molecule has 2 aromatic rings. The van der Waals surface area contributed by atoms with E-state index in [4.69, 9.17) is 4.42 Å². The number of nitrogens with zero attached hydrogens (tertiary/aromatic N) is 2. The molecule has 1 aliphatic heterocycles. The number of hydrogen-bond donors (Lipinski definition) is 0. The topological polar surface area (TPSA) is 53.8 Å². The largest absolute Gasteiger partial charge is 0.427 e. The first-order valence-corrected chi connectivity index (χ1v) is 10.1. The first-order chi connectivity index (χ1) is 13.4. The average molecular weight is 383 g/mol. The number of likely N-dealkylation sites (N-methyl/N-ethyl adjacent to an activating group) is 1. The molecule has 1 amide bonds. The Labute approximate surface area is 167 Å². The SMILES string of the molecule is Cc1cc(CCCc2ccccc2)oc(=O)c1C(=O)N1C[C@H](C)N(C)[C@@H](C)C1. The van der Waals surface area contributed by atoms with Gasteiger partial charge >= 0.3 is 5.63 Å². The van der Waals surface area contributed by atoms with E-state index in [9.17, 15) is 9.59 Å². The van der Waals surface area contributed by atoms with Crippen LogP contribution in [-0.4, -0.2) is 47.9 Å². The predicted octanol–water partition coefficient (Wildman–Crippen LogP) is 3.29. The molecule has 0 bridgehead atoms. The Kier molecular flexibility index (Phi) is 6.35. The van der Waals surface area contributed by atoms with Gasteiger partial charge in [-0.15, -0.1) is 0 Å². The Morgan fingerprint density at radius 2 is 1.75 bits per heavy atom.